The maximum Gasteiger partial charge on any atom is 0.261 e. The lowest BCUT2D eigenvalue weighted by molar-refractivity contribution is 0.313. The molecule has 1 N–H and O–H groups in total. The monoisotopic (exact) mass is 331 g/mol. The van der Waals surface area contributed by atoms with Crippen molar-refractivity contribution in [2.75, 3.05) is 13.2 Å². The lowest BCUT2D eigenvalue weighted by atomic mass is 10.4. The van der Waals surface area contributed by atoms with Gasteiger partial charge < -0.3 is 10.1 Å². The van der Waals surface area contributed by atoms with Gasteiger partial charge in [0.2, 0.25) is 5.65 Å². The zero-order valence-corrected chi connectivity index (χ0v) is 15.4. The smallest absolute Gasteiger partial charge is 0.261 e. The van der Waals surface area contributed by atoms with Crippen LogP contribution in [0.4, 0.5) is 0 Å². The molecule has 2 aromatic heterocycles. The quantitative estimate of drug-likeness (QED) is 0.622. The second-order valence-corrected chi connectivity index (χ2v) is 5.56. The summed E-state index contributed by atoms with van der Waals surface area (Å²) < 4.78 is 7.32. The molecule has 0 aliphatic rings. The van der Waals surface area contributed by atoms with E-state index in [4.69, 9.17) is 4.74 Å². The molecule has 0 saturated carbocycles. The van der Waals surface area contributed by atoms with Crippen molar-refractivity contribution in [1.29, 1.82) is 0 Å². The molecule has 2 rings (SSSR count). The number of aryl methyl sites for hydroxylation is 1. The van der Waals surface area contributed by atoms with Crippen molar-refractivity contribution < 1.29 is 4.74 Å². The van der Waals surface area contributed by atoms with E-state index in [1.807, 2.05) is 38.3 Å². The van der Waals surface area contributed by atoms with Crippen molar-refractivity contribution in [3.05, 3.63) is 36.4 Å². The van der Waals surface area contributed by atoms with Gasteiger partial charge >= 0.3 is 0 Å². The average Bonchev–Trinajstić information content (AvgIpc) is 2.89. The molecule has 0 amide bonds. The Morgan fingerprint density at radius 3 is 2.67 bits per heavy atom. The molecular weight excluding hydrogens is 302 g/mol. The number of fused-ring (bicyclic) bond motifs is 1. The Labute approximate surface area is 144 Å². The Bertz CT molecular complexity index is 661. The van der Waals surface area contributed by atoms with Crippen molar-refractivity contribution in [2.45, 2.75) is 47.1 Å². The van der Waals surface area contributed by atoms with E-state index in [1.54, 1.807) is 4.52 Å². The summed E-state index contributed by atoms with van der Waals surface area (Å²) in [5.41, 5.74) is 1.53. The van der Waals surface area contributed by atoms with Crippen molar-refractivity contribution in [3.8, 4) is 5.88 Å². The third-order valence-corrected chi connectivity index (χ3v) is 2.91. The molecule has 6 nitrogen and oxygen atoms in total. The van der Waals surface area contributed by atoms with E-state index in [9.17, 15) is 0 Å². The van der Waals surface area contributed by atoms with Gasteiger partial charge in [-0.25, -0.2) is 9.50 Å². The SMILES string of the molecule is C=CCCOc1nc(/C=C/C)nn2cc(C)nc12.CCNC(C)C. The summed E-state index contributed by atoms with van der Waals surface area (Å²) in [6, 6.07) is 0.648. The number of nitrogens with one attached hydrogen (secondary N) is 1. The predicted octanol–water partition coefficient (Wildman–Crippen LogP) is 3.43. The number of aromatic nitrogens is 4. The lowest BCUT2D eigenvalue weighted by Gasteiger charge is -2.05. The minimum absolute atomic E-state index is 0.507. The summed E-state index contributed by atoms with van der Waals surface area (Å²) in [5.74, 6) is 1.11. The first kappa shape index (κ1) is 19.8. The van der Waals surface area contributed by atoms with Gasteiger partial charge in [-0.1, -0.05) is 32.9 Å². The second kappa shape index (κ2) is 10.5. The first-order valence-electron chi connectivity index (χ1n) is 8.35. The van der Waals surface area contributed by atoms with Crippen LogP contribution in [-0.2, 0) is 0 Å². The van der Waals surface area contributed by atoms with Crippen LogP contribution in [0, 0.1) is 6.92 Å². The Morgan fingerprint density at radius 2 is 2.12 bits per heavy atom. The van der Waals surface area contributed by atoms with E-state index < -0.39 is 0 Å². The minimum atomic E-state index is 0.507. The molecule has 0 radical (unpaired) electrons. The highest BCUT2D eigenvalue weighted by Crippen LogP contribution is 2.16. The summed E-state index contributed by atoms with van der Waals surface area (Å²) in [7, 11) is 0. The highest BCUT2D eigenvalue weighted by molar-refractivity contribution is 5.52. The maximum atomic E-state index is 5.62. The first-order chi connectivity index (χ1) is 11.5. The van der Waals surface area contributed by atoms with Crippen LogP contribution in [0.3, 0.4) is 0 Å². The Morgan fingerprint density at radius 1 is 1.38 bits per heavy atom. The van der Waals surface area contributed by atoms with Gasteiger partial charge in [0.1, 0.15) is 0 Å². The van der Waals surface area contributed by atoms with Gasteiger partial charge in [-0.3, -0.25) is 0 Å². The molecule has 0 unspecified atom stereocenters. The van der Waals surface area contributed by atoms with E-state index in [2.05, 4.69) is 47.7 Å². The molecule has 24 heavy (non-hydrogen) atoms. The van der Waals surface area contributed by atoms with Crippen LogP contribution in [-0.4, -0.2) is 38.8 Å². The van der Waals surface area contributed by atoms with Gasteiger partial charge in [0.05, 0.1) is 18.5 Å². The number of nitrogens with zero attached hydrogens (tertiary/aromatic N) is 4. The summed E-state index contributed by atoms with van der Waals surface area (Å²) in [4.78, 5) is 8.69. The van der Waals surface area contributed by atoms with E-state index in [0.717, 1.165) is 18.7 Å². The van der Waals surface area contributed by atoms with Gasteiger partial charge in [0.25, 0.3) is 5.88 Å². The number of imidazole rings is 1. The molecule has 0 fully saturated rings. The number of allylic oxidation sites excluding steroid dienone is 1. The van der Waals surface area contributed by atoms with E-state index >= 15 is 0 Å². The lowest BCUT2D eigenvalue weighted by Crippen LogP contribution is -2.21. The second-order valence-electron chi connectivity index (χ2n) is 5.56. The Hall–Kier alpha value is -2.21. The molecular formula is C18H29N5O. The van der Waals surface area contributed by atoms with Gasteiger partial charge in [-0.15, -0.1) is 11.7 Å². The summed E-state index contributed by atoms with van der Waals surface area (Å²) in [6.45, 7) is 15.5. The van der Waals surface area contributed by atoms with Crippen LogP contribution in [0.2, 0.25) is 0 Å². The molecule has 2 heterocycles. The fraction of sp³-hybridized carbons (Fsp3) is 0.500. The molecule has 2 aromatic rings. The largest absolute Gasteiger partial charge is 0.475 e. The van der Waals surface area contributed by atoms with Crippen molar-refractivity contribution in [3.63, 3.8) is 0 Å². The van der Waals surface area contributed by atoms with Crippen LogP contribution >= 0.6 is 0 Å². The molecule has 132 valence electrons. The summed E-state index contributed by atoms with van der Waals surface area (Å²) in [6.07, 6.45) is 8.15. The fourth-order valence-corrected chi connectivity index (χ4v) is 1.96. The van der Waals surface area contributed by atoms with Crippen LogP contribution in [0.15, 0.2) is 24.9 Å². The predicted molar refractivity (Wildman–Crippen MR) is 99.3 cm³/mol. The summed E-state index contributed by atoms with van der Waals surface area (Å²) in [5, 5.41) is 7.54. The third-order valence-electron chi connectivity index (χ3n) is 2.91. The van der Waals surface area contributed by atoms with E-state index in [-0.39, 0.29) is 0 Å². The van der Waals surface area contributed by atoms with Crippen LogP contribution in [0.25, 0.3) is 11.7 Å². The van der Waals surface area contributed by atoms with Crippen LogP contribution in [0.1, 0.15) is 45.6 Å². The standard InChI is InChI=1S/C13H16N4O.C5H13N/c1-4-6-8-18-13-12-14-10(3)9-17(12)16-11(15-13)7-5-2;1-4-6-5(2)3/h4-5,7,9H,1,6,8H2,2-3H3;5-6H,4H2,1-3H3/b7-5+;. The molecule has 0 bridgehead atoms. The fourth-order valence-electron chi connectivity index (χ4n) is 1.96. The van der Waals surface area contributed by atoms with Gasteiger partial charge in [-0.2, -0.15) is 4.98 Å². The Kier molecular flexibility index (Phi) is 8.71. The van der Waals surface area contributed by atoms with Crippen LogP contribution in [0.5, 0.6) is 5.88 Å². The molecule has 0 spiro atoms. The van der Waals surface area contributed by atoms with Gasteiger partial charge in [-0.05, 0) is 32.9 Å². The molecule has 0 aromatic carbocycles. The normalized spacial score (nSPS) is 10.9. The molecule has 0 aliphatic carbocycles. The van der Waals surface area contributed by atoms with Crippen molar-refractivity contribution in [1.82, 2.24) is 24.9 Å². The maximum absolute atomic E-state index is 5.62. The molecule has 0 aliphatic heterocycles. The Balaban J connectivity index is 0.000000413. The first-order valence-corrected chi connectivity index (χ1v) is 8.35. The van der Waals surface area contributed by atoms with Crippen molar-refractivity contribution in [2.24, 2.45) is 0 Å². The number of rotatable bonds is 7. The molecule has 0 atom stereocenters. The molecule has 0 saturated heterocycles. The van der Waals surface area contributed by atoms with Crippen molar-refractivity contribution >= 4 is 11.7 Å². The topological polar surface area (TPSA) is 64.3 Å². The van der Waals surface area contributed by atoms with Gasteiger partial charge in [0, 0.05) is 6.04 Å². The highest BCUT2D eigenvalue weighted by atomic mass is 16.5. The number of hydrogen-bond acceptors (Lipinski definition) is 5. The zero-order chi connectivity index (χ0) is 17.9. The zero-order valence-electron chi connectivity index (χ0n) is 15.4. The number of hydrogen-bond donors (Lipinski definition) is 1. The van der Waals surface area contributed by atoms with Gasteiger partial charge in [0.15, 0.2) is 5.82 Å². The number of ether oxygens (including phenoxy) is 1. The third kappa shape index (κ3) is 6.50. The van der Waals surface area contributed by atoms with Crippen LogP contribution < -0.4 is 10.1 Å². The van der Waals surface area contributed by atoms with E-state index in [0.29, 0.717) is 30.0 Å². The summed E-state index contributed by atoms with van der Waals surface area (Å²) >= 11 is 0. The van der Waals surface area contributed by atoms with E-state index in [1.165, 1.54) is 0 Å². The molecule has 6 heteroatoms. The minimum Gasteiger partial charge on any atom is -0.475 e. The highest BCUT2D eigenvalue weighted by Gasteiger charge is 2.10. The average molecular weight is 331 g/mol.